The second-order valence-corrected chi connectivity index (χ2v) is 5.50. The average Bonchev–Trinajstić information content (AvgIpc) is 2.56. The molecular formula is C12H24N2O9. The molecule has 1 fully saturated rings. The number of rotatable bonds is 7. The largest absolute Gasteiger partial charge is 0.394 e. The van der Waals surface area contributed by atoms with Crippen molar-refractivity contribution in [2.75, 3.05) is 13.2 Å². The number of aliphatic hydroxyl groups is 7. The van der Waals surface area contributed by atoms with Crippen molar-refractivity contribution >= 4 is 5.78 Å². The Morgan fingerprint density at radius 2 is 1.65 bits per heavy atom. The molecule has 0 radical (unpaired) electrons. The summed E-state index contributed by atoms with van der Waals surface area (Å²) < 4.78 is 5.11. The van der Waals surface area contributed by atoms with Crippen molar-refractivity contribution in [2.45, 2.75) is 54.8 Å². The third kappa shape index (κ3) is 4.22. The smallest absolute Gasteiger partial charge is 0.182 e. The molecule has 1 aliphatic rings. The number of nitrogens with two attached hydrogens (primary N) is 2. The molecule has 0 saturated carbocycles. The molecule has 11 heteroatoms. The molecule has 11 nitrogen and oxygen atoms in total. The zero-order chi connectivity index (χ0) is 17.9. The van der Waals surface area contributed by atoms with Crippen molar-refractivity contribution < 1.29 is 45.3 Å². The summed E-state index contributed by atoms with van der Waals surface area (Å²) in [6.45, 7) is -1.56. The summed E-state index contributed by atoms with van der Waals surface area (Å²) in [6, 6.07) is -3.12. The van der Waals surface area contributed by atoms with Crippen molar-refractivity contribution in [1.29, 1.82) is 0 Å². The topological polar surface area (TPSA) is 220 Å². The molecule has 0 aromatic rings. The second kappa shape index (κ2) is 8.39. The quantitative estimate of drug-likeness (QED) is 0.212. The van der Waals surface area contributed by atoms with E-state index in [4.69, 9.17) is 26.4 Å². The molecule has 0 aromatic carbocycles. The Balaban J connectivity index is 2.85. The number of Topliss-reactive ketones (excluding diaryl/α,β-unsaturated/α-hetero) is 1. The summed E-state index contributed by atoms with van der Waals surface area (Å²) in [6.07, 6.45) is -11.5. The number of hydrogen-bond donors (Lipinski definition) is 9. The first-order valence-electron chi connectivity index (χ1n) is 6.99. The first-order valence-corrected chi connectivity index (χ1v) is 6.99. The first-order chi connectivity index (χ1) is 10.7. The minimum absolute atomic E-state index is 0.696. The molecular weight excluding hydrogens is 316 g/mol. The molecule has 0 spiro atoms. The highest BCUT2D eigenvalue weighted by atomic mass is 16.5. The average molecular weight is 340 g/mol. The van der Waals surface area contributed by atoms with E-state index in [1.54, 1.807) is 0 Å². The van der Waals surface area contributed by atoms with Crippen LogP contribution >= 0.6 is 0 Å². The summed E-state index contributed by atoms with van der Waals surface area (Å²) >= 11 is 0. The van der Waals surface area contributed by atoms with Gasteiger partial charge >= 0.3 is 0 Å². The maximum atomic E-state index is 12.3. The standard InChI is InChI=1S/C12H24N2O9/c13-5(9(20)7(18)3(17)1-15)11(22)12-6(14)10(21)8(19)4(2-16)23-12/h3-10,12,15-21H,1-2,13-14H2/t3-,4-,5-,6-,7-,8-,9-,10-,12?/m1/s1. The molecule has 1 aliphatic heterocycles. The molecule has 11 N–H and O–H groups in total. The Hall–Kier alpha value is -0.730. The van der Waals surface area contributed by atoms with E-state index >= 15 is 0 Å². The van der Waals surface area contributed by atoms with Crippen LogP contribution in [0.5, 0.6) is 0 Å². The van der Waals surface area contributed by atoms with Crippen LogP contribution in [-0.4, -0.2) is 110 Å². The van der Waals surface area contributed by atoms with Crippen LogP contribution in [0.3, 0.4) is 0 Å². The predicted molar refractivity (Wildman–Crippen MR) is 73.8 cm³/mol. The number of carbonyl (C=O) groups excluding carboxylic acids is 1. The highest BCUT2D eigenvalue weighted by Crippen LogP contribution is 2.22. The fourth-order valence-electron chi connectivity index (χ4n) is 2.30. The van der Waals surface area contributed by atoms with Crippen LogP contribution in [0.2, 0.25) is 0 Å². The lowest BCUT2D eigenvalue weighted by Crippen LogP contribution is -2.67. The van der Waals surface area contributed by atoms with Gasteiger partial charge in [0.1, 0.15) is 42.7 Å². The molecule has 1 unspecified atom stereocenters. The first kappa shape index (κ1) is 20.3. The normalized spacial score (nSPS) is 37.0. The highest BCUT2D eigenvalue weighted by Gasteiger charge is 2.48. The van der Waals surface area contributed by atoms with Gasteiger partial charge in [0, 0.05) is 0 Å². The minimum Gasteiger partial charge on any atom is -0.394 e. The van der Waals surface area contributed by atoms with E-state index in [1.807, 2.05) is 0 Å². The molecule has 0 aromatic heterocycles. The van der Waals surface area contributed by atoms with Crippen LogP contribution in [-0.2, 0) is 9.53 Å². The highest BCUT2D eigenvalue weighted by molar-refractivity contribution is 5.89. The van der Waals surface area contributed by atoms with Crippen molar-refractivity contribution in [3.8, 4) is 0 Å². The van der Waals surface area contributed by atoms with Crippen molar-refractivity contribution in [3.63, 3.8) is 0 Å². The SMILES string of the molecule is N[C@@H](C(=O)C1O[C@H](CO)[C@@H](O)[C@H](O)[C@H]1N)[C@@H](O)[C@H](O)[C@H](O)CO. The predicted octanol–water partition coefficient (Wildman–Crippen LogP) is -6.23. The number of carbonyl (C=O) groups is 1. The van der Waals surface area contributed by atoms with Gasteiger partial charge in [-0.1, -0.05) is 0 Å². The maximum absolute atomic E-state index is 12.3. The van der Waals surface area contributed by atoms with Crippen molar-refractivity contribution in [3.05, 3.63) is 0 Å². The molecule has 1 rings (SSSR count). The van der Waals surface area contributed by atoms with Gasteiger partial charge in [-0.2, -0.15) is 0 Å². The van der Waals surface area contributed by atoms with E-state index in [-0.39, 0.29) is 0 Å². The number of aliphatic hydroxyl groups excluding tert-OH is 7. The fraction of sp³-hybridized carbons (Fsp3) is 0.917. The van der Waals surface area contributed by atoms with Gasteiger partial charge in [0.25, 0.3) is 0 Å². The van der Waals surface area contributed by atoms with Crippen LogP contribution in [0.25, 0.3) is 0 Å². The van der Waals surface area contributed by atoms with Gasteiger partial charge < -0.3 is 51.9 Å². The summed E-state index contributed by atoms with van der Waals surface area (Å²) in [5.41, 5.74) is 11.1. The lowest BCUT2D eigenvalue weighted by molar-refractivity contribution is -0.194. The van der Waals surface area contributed by atoms with E-state index in [0.29, 0.717) is 0 Å². The second-order valence-electron chi connectivity index (χ2n) is 5.50. The number of hydrogen-bond acceptors (Lipinski definition) is 11. The summed E-state index contributed by atoms with van der Waals surface area (Å²) in [7, 11) is 0. The third-order valence-electron chi connectivity index (χ3n) is 3.88. The summed E-state index contributed by atoms with van der Waals surface area (Å²) in [5.74, 6) is -1.00. The molecule has 1 heterocycles. The Labute approximate surface area is 131 Å². The fourth-order valence-corrected chi connectivity index (χ4v) is 2.30. The lowest BCUT2D eigenvalue weighted by Gasteiger charge is -2.41. The van der Waals surface area contributed by atoms with Crippen molar-refractivity contribution in [2.24, 2.45) is 11.5 Å². The maximum Gasteiger partial charge on any atom is 0.182 e. The van der Waals surface area contributed by atoms with Gasteiger partial charge in [-0.25, -0.2) is 0 Å². The third-order valence-corrected chi connectivity index (χ3v) is 3.88. The molecule has 0 bridgehead atoms. The Morgan fingerprint density at radius 3 is 2.13 bits per heavy atom. The Morgan fingerprint density at radius 1 is 1.09 bits per heavy atom. The van der Waals surface area contributed by atoms with E-state index in [0.717, 1.165) is 0 Å². The van der Waals surface area contributed by atoms with Crippen LogP contribution in [0, 0.1) is 0 Å². The van der Waals surface area contributed by atoms with Crippen molar-refractivity contribution in [1.82, 2.24) is 0 Å². The van der Waals surface area contributed by atoms with Crippen LogP contribution in [0.15, 0.2) is 0 Å². The van der Waals surface area contributed by atoms with Gasteiger partial charge in [0.2, 0.25) is 0 Å². The van der Waals surface area contributed by atoms with E-state index in [2.05, 4.69) is 0 Å². The summed E-state index contributed by atoms with van der Waals surface area (Å²) in [4.78, 5) is 12.3. The molecule has 23 heavy (non-hydrogen) atoms. The summed E-state index contributed by atoms with van der Waals surface area (Å²) in [5, 5.41) is 65.8. The molecule has 0 aliphatic carbocycles. The van der Waals surface area contributed by atoms with Crippen LogP contribution in [0.4, 0.5) is 0 Å². The minimum atomic E-state index is -1.93. The van der Waals surface area contributed by atoms with Gasteiger partial charge in [-0.3, -0.25) is 4.79 Å². The van der Waals surface area contributed by atoms with Gasteiger partial charge in [0.15, 0.2) is 5.78 Å². The molecule has 1 saturated heterocycles. The van der Waals surface area contributed by atoms with E-state index < -0.39 is 73.8 Å². The molecule has 136 valence electrons. The lowest BCUT2D eigenvalue weighted by atomic mass is 9.87. The molecule has 0 amide bonds. The number of ether oxygens (including phenoxy) is 1. The van der Waals surface area contributed by atoms with Gasteiger partial charge in [-0.05, 0) is 0 Å². The monoisotopic (exact) mass is 340 g/mol. The van der Waals surface area contributed by atoms with E-state index in [9.17, 15) is 30.3 Å². The molecule has 9 atom stereocenters. The van der Waals surface area contributed by atoms with Crippen LogP contribution in [0.1, 0.15) is 0 Å². The zero-order valence-corrected chi connectivity index (χ0v) is 12.2. The zero-order valence-electron chi connectivity index (χ0n) is 12.2. The van der Waals surface area contributed by atoms with Gasteiger partial charge in [0.05, 0.1) is 25.3 Å². The Bertz CT molecular complexity index is 397. The Kier molecular flexibility index (Phi) is 7.41. The van der Waals surface area contributed by atoms with E-state index in [1.165, 1.54) is 0 Å². The number of ketones is 1. The van der Waals surface area contributed by atoms with Gasteiger partial charge in [-0.15, -0.1) is 0 Å². The van der Waals surface area contributed by atoms with Crippen LogP contribution < -0.4 is 11.5 Å².